The van der Waals surface area contributed by atoms with Crippen LogP contribution < -0.4 is 0 Å². The van der Waals surface area contributed by atoms with Crippen molar-refractivity contribution in [1.29, 1.82) is 0 Å². The van der Waals surface area contributed by atoms with Gasteiger partial charge in [-0.15, -0.1) is 0 Å². The Morgan fingerprint density at radius 1 is 0.588 bits per heavy atom. The number of unbranched alkanes of at least 4 members (excludes halogenated alkanes) is 20. The van der Waals surface area contributed by atoms with E-state index in [1.165, 1.54) is 89.9 Å². The van der Waals surface area contributed by atoms with Gasteiger partial charge in [-0.1, -0.05) is 134 Å². The molecule has 51 heavy (non-hydrogen) atoms. The Balaban J connectivity index is 4.28. The van der Waals surface area contributed by atoms with Crippen molar-refractivity contribution in [2.24, 2.45) is 0 Å². The van der Waals surface area contributed by atoms with Gasteiger partial charge in [-0.25, -0.2) is 4.57 Å². The minimum atomic E-state index is -4.36. The third-order valence-corrected chi connectivity index (χ3v) is 9.71. The van der Waals surface area contributed by atoms with E-state index in [2.05, 4.69) is 38.2 Å². The maximum Gasteiger partial charge on any atom is 0.472 e. The first kappa shape index (κ1) is 49.5. The van der Waals surface area contributed by atoms with Crippen LogP contribution in [0.1, 0.15) is 181 Å². The number of rotatable bonds is 38. The Labute approximate surface area is 313 Å². The number of phosphoric ester groups is 1. The molecule has 0 aliphatic heterocycles. The minimum absolute atomic E-state index is 0.00602. The van der Waals surface area contributed by atoms with Crippen LogP contribution in [0.4, 0.5) is 0 Å². The van der Waals surface area contributed by atoms with Crippen LogP contribution in [0.25, 0.3) is 0 Å². The number of allylic oxidation sites excluding steroid dienone is 4. The average Bonchev–Trinajstić information content (AvgIpc) is 3.09. The third kappa shape index (κ3) is 38.0. The lowest BCUT2D eigenvalue weighted by molar-refractivity contribution is -0.161. The highest BCUT2D eigenvalue weighted by molar-refractivity contribution is 7.47. The maximum absolute atomic E-state index is 12.6. The van der Waals surface area contributed by atoms with Crippen LogP contribution in [0.5, 0.6) is 0 Å². The number of esters is 2. The Morgan fingerprint density at radius 2 is 1.02 bits per heavy atom. The van der Waals surface area contributed by atoms with Crippen molar-refractivity contribution in [2.75, 3.05) is 40.5 Å². The van der Waals surface area contributed by atoms with Crippen molar-refractivity contribution in [2.45, 2.75) is 187 Å². The van der Waals surface area contributed by atoms with Crippen LogP contribution in [0.3, 0.4) is 0 Å². The molecule has 0 bridgehead atoms. The van der Waals surface area contributed by atoms with Crippen LogP contribution in [0.15, 0.2) is 24.3 Å². The number of carbonyl (C=O) groups is 2. The summed E-state index contributed by atoms with van der Waals surface area (Å²) >= 11 is 0. The Hall–Kier alpha value is -1.51. The fourth-order valence-corrected chi connectivity index (χ4v) is 6.23. The molecule has 0 radical (unpaired) electrons. The zero-order chi connectivity index (χ0) is 37.7. The van der Waals surface area contributed by atoms with Crippen molar-refractivity contribution in [1.82, 2.24) is 4.90 Å². The number of likely N-dealkylation sites (N-methyl/N-ethyl adjacent to an activating group) is 1. The molecule has 0 spiro atoms. The average molecular weight is 744 g/mol. The first-order valence-corrected chi connectivity index (χ1v) is 22.1. The minimum Gasteiger partial charge on any atom is -0.462 e. The number of hydrogen-bond acceptors (Lipinski definition) is 8. The smallest absolute Gasteiger partial charge is 0.462 e. The monoisotopic (exact) mass is 744 g/mol. The van der Waals surface area contributed by atoms with Gasteiger partial charge in [0.2, 0.25) is 0 Å². The van der Waals surface area contributed by atoms with Gasteiger partial charge >= 0.3 is 19.8 Å². The number of nitrogens with zero attached hydrogens (tertiary/aromatic N) is 1. The van der Waals surface area contributed by atoms with Crippen molar-refractivity contribution in [3.05, 3.63) is 24.3 Å². The van der Waals surface area contributed by atoms with Gasteiger partial charge in [0.1, 0.15) is 6.61 Å². The lowest BCUT2D eigenvalue weighted by Crippen LogP contribution is -2.29. The second kappa shape index (κ2) is 36.8. The van der Waals surface area contributed by atoms with E-state index >= 15 is 0 Å². The predicted octanol–water partition coefficient (Wildman–Crippen LogP) is 11.4. The van der Waals surface area contributed by atoms with Crippen molar-refractivity contribution in [3.63, 3.8) is 0 Å². The molecule has 0 rings (SSSR count). The summed E-state index contributed by atoms with van der Waals surface area (Å²) in [6, 6.07) is 0. The quantitative estimate of drug-likeness (QED) is 0.0286. The van der Waals surface area contributed by atoms with E-state index in [1.807, 2.05) is 19.0 Å². The highest BCUT2D eigenvalue weighted by atomic mass is 31.2. The van der Waals surface area contributed by atoms with E-state index in [0.29, 0.717) is 13.0 Å². The molecule has 0 aromatic heterocycles. The third-order valence-electron chi connectivity index (χ3n) is 8.73. The normalized spacial score (nSPS) is 13.7. The molecular formula is C41H78NO8P. The van der Waals surface area contributed by atoms with Crippen molar-refractivity contribution >= 4 is 19.8 Å². The van der Waals surface area contributed by atoms with Gasteiger partial charge < -0.3 is 19.3 Å². The first-order valence-electron chi connectivity index (χ1n) is 20.6. The molecule has 0 aromatic rings. The highest BCUT2D eigenvalue weighted by Crippen LogP contribution is 2.43. The lowest BCUT2D eigenvalue weighted by atomic mass is 10.1. The number of hydrogen-bond donors (Lipinski definition) is 1. The van der Waals surface area contributed by atoms with E-state index in [0.717, 1.165) is 57.8 Å². The van der Waals surface area contributed by atoms with Crippen molar-refractivity contribution < 1.29 is 37.6 Å². The SMILES string of the molecule is CCCC/C=C\CCCCCCCC(=O)OC(COC(=O)CCCCCCCCC/C=C\CCCCCCCC)COP(=O)(O)OCCN(C)C. The van der Waals surface area contributed by atoms with Gasteiger partial charge in [0.15, 0.2) is 6.10 Å². The topological polar surface area (TPSA) is 112 Å². The van der Waals surface area contributed by atoms with Crippen LogP contribution in [0, 0.1) is 0 Å². The predicted molar refractivity (Wildman–Crippen MR) is 211 cm³/mol. The van der Waals surface area contributed by atoms with Crippen LogP contribution in [-0.2, 0) is 32.7 Å². The van der Waals surface area contributed by atoms with Gasteiger partial charge in [0, 0.05) is 19.4 Å². The molecule has 1 N–H and O–H groups in total. The zero-order valence-electron chi connectivity index (χ0n) is 33.3. The van der Waals surface area contributed by atoms with E-state index in [1.54, 1.807) is 0 Å². The molecule has 0 saturated carbocycles. The molecule has 0 fully saturated rings. The fraction of sp³-hybridized carbons (Fsp3) is 0.854. The van der Waals surface area contributed by atoms with Crippen LogP contribution in [-0.4, -0.2) is 68.3 Å². The summed E-state index contributed by atoms with van der Waals surface area (Å²) < 4.78 is 33.4. The molecule has 9 nitrogen and oxygen atoms in total. The lowest BCUT2D eigenvalue weighted by Gasteiger charge is -2.20. The van der Waals surface area contributed by atoms with Crippen LogP contribution in [0.2, 0.25) is 0 Å². The highest BCUT2D eigenvalue weighted by Gasteiger charge is 2.26. The van der Waals surface area contributed by atoms with Crippen LogP contribution >= 0.6 is 7.82 Å². The summed E-state index contributed by atoms with van der Waals surface area (Å²) in [7, 11) is -0.714. The molecule has 300 valence electrons. The summed E-state index contributed by atoms with van der Waals surface area (Å²) in [5.74, 6) is -0.817. The van der Waals surface area contributed by atoms with Gasteiger partial charge in [-0.2, -0.15) is 0 Å². The molecular weight excluding hydrogens is 665 g/mol. The van der Waals surface area contributed by atoms with Gasteiger partial charge in [0.25, 0.3) is 0 Å². The summed E-state index contributed by atoms with van der Waals surface area (Å²) in [5.41, 5.74) is 0. The van der Waals surface area contributed by atoms with Gasteiger partial charge in [-0.05, 0) is 71.9 Å². The maximum atomic E-state index is 12.6. The summed E-state index contributed by atoms with van der Waals surface area (Å²) in [5, 5.41) is 0. The summed E-state index contributed by atoms with van der Waals surface area (Å²) in [6.07, 6.45) is 36.5. The first-order chi connectivity index (χ1) is 24.7. The van der Waals surface area contributed by atoms with E-state index < -0.39 is 26.5 Å². The molecule has 0 heterocycles. The van der Waals surface area contributed by atoms with E-state index in [4.69, 9.17) is 18.5 Å². The Bertz CT molecular complexity index is 910. The molecule has 0 saturated heterocycles. The molecule has 2 atom stereocenters. The fourth-order valence-electron chi connectivity index (χ4n) is 5.49. The zero-order valence-corrected chi connectivity index (χ0v) is 34.2. The number of phosphoric acid groups is 1. The number of carbonyl (C=O) groups excluding carboxylic acids is 2. The second-order valence-electron chi connectivity index (χ2n) is 14.2. The molecule has 0 aromatic carbocycles. The van der Waals surface area contributed by atoms with E-state index in [-0.39, 0.29) is 32.0 Å². The standard InChI is InChI=1S/C41H78NO8P/c1-5-7-9-11-13-15-17-18-19-20-21-22-24-25-27-29-31-33-40(43)47-37-39(38-49-51(45,46)48-36-35-42(3)4)50-41(44)34-32-30-28-26-23-16-14-12-10-8-6-2/h12,14,18-19,39H,5-11,13,15-17,20-38H2,1-4H3,(H,45,46)/b14-12-,19-18-. The molecule has 2 unspecified atom stereocenters. The molecule has 10 heteroatoms. The van der Waals surface area contributed by atoms with Gasteiger partial charge in [-0.3, -0.25) is 18.6 Å². The summed E-state index contributed by atoms with van der Waals surface area (Å²) in [4.78, 5) is 36.9. The number of ether oxygens (including phenoxy) is 2. The Morgan fingerprint density at radius 3 is 1.51 bits per heavy atom. The molecule has 0 aliphatic carbocycles. The van der Waals surface area contributed by atoms with Crippen molar-refractivity contribution in [3.8, 4) is 0 Å². The molecule has 0 aliphatic rings. The van der Waals surface area contributed by atoms with E-state index in [9.17, 15) is 19.0 Å². The Kier molecular flexibility index (Phi) is 35.7. The molecule has 0 amide bonds. The largest absolute Gasteiger partial charge is 0.472 e. The second-order valence-corrected chi connectivity index (χ2v) is 15.6. The summed E-state index contributed by atoms with van der Waals surface area (Å²) in [6.45, 7) is 4.26. The van der Waals surface area contributed by atoms with Gasteiger partial charge in [0.05, 0.1) is 13.2 Å².